The Morgan fingerprint density at radius 3 is 2.70 bits per heavy atom. The van der Waals surface area contributed by atoms with Gasteiger partial charge in [0, 0.05) is 37.7 Å². The van der Waals surface area contributed by atoms with Gasteiger partial charge in [0.2, 0.25) is 0 Å². The van der Waals surface area contributed by atoms with Crippen molar-refractivity contribution in [3.8, 4) is 11.5 Å². The monoisotopic (exact) mass is 312 g/mol. The van der Waals surface area contributed by atoms with Crippen LogP contribution in [0.15, 0.2) is 42.7 Å². The van der Waals surface area contributed by atoms with Crippen LogP contribution in [-0.4, -0.2) is 25.2 Å². The minimum Gasteiger partial charge on any atom is -0.493 e. The third-order valence-corrected chi connectivity index (χ3v) is 4.33. The second-order valence-corrected chi connectivity index (χ2v) is 6.08. The van der Waals surface area contributed by atoms with Crippen LogP contribution in [-0.2, 0) is 6.54 Å². The van der Waals surface area contributed by atoms with E-state index in [0.29, 0.717) is 6.10 Å². The summed E-state index contributed by atoms with van der Waals surface area (Å²) in [5.41, 5.74) is 2.30. The zero-order chi connectivity index (χ0) is 16.1. The van der Waals surface area contributed by atoms with Crippen LogP contribution < -0.4 is 14.4 Å². The Morgan fingerprint density at radius 1 is 1.17 bits per heavy atom. The molecule has 4 heteroatoms. The third kappa shape index (κ3) is 3.95. The van der Waals surface area contributed by atoms with E-state index in [1.807, 2.05) is 18.3 Å². The lowest BCUT2D eigenvalue weighted by Gasteiger charge is -2.22. The highest BCUT2D eigenvalue weighted by Crippen LogP contribution is 2.35. The summed E-state index contributed by atoms with van der Waals surface area (Å²) in [6.07, 6.45) is 8.81. The molecule has 0 unspecified atom stereocenters. The van der Waals surface area contributed by atoms with Gasteiger partial charge in [0.05, 0.1) is 13.2 Å². The number of benzene rings is 1. The van der Waals surface area contributed by atoms with Gasteiger partial charge in [-0.05, 0) is 49.4 Å². The number of pyridine rings is 1. The summed E-state index contributed by atoms with van der Waals surface area (Å²) < 4.78 is 11.6. The first-order valence-corrected chi connectivity index (χ1v) is 8.21. The molecule has 0 radical (unpaired) electrons. The van der Waals surface area contributed by atoms with E-state index in [-0.39, 0.29) is 0 Å². The highest BCUT2D eigenvalue weighted by molar-refractivity contribution is 5.56. The Hall–Kier alpha value is -2.23. The summed E-state index contributed by atoms with van der Waals surface area (Å²) in [4.78, 5) is 6.37. The van der Waals surface area contributed by atoms with E-state index in [2.05, 4.69) is 35.1 Å². The van der Waals surface area contributed by atoms with Crippen molar-refractivity contribution in [2.45, 2.75) is 38.3 Å². The molecule has 0 saturated heterocycles. The number of methoxy groups -OCH3 is 1. The topological polar surface area (TPSA) is 34.6 Å². The SMILES string of the molecule is COc1ccc(N(C)Cc2cccnc2)cc1OC1CCCC1. The van der Waals surface area contributed by atoms with Gasteiger partial charge in [0.15, 0.2) is 11.5 Å². The number of nitrogens with zero attached hydrogens (tertiary/aromatic N) is 2. The lowest BCUT2D eigenvalue weighted by Crippen LogP contribution is -2.17. The van der Waals surface area contributed by atoms with Crippen molar-refractivity contribution in [2.24, 2.45) is 0 Å². The molecular weight excluding hydrogens is 288 g/mol. The summed E-state index contributed by atoms with van der Waals surface area (Å²) in [7, 11) is 3.77. The van der Waals surface area contributed by atoms with Gasteiger partial charge in [0.25, 0.3) is 0 Å². The van der Waals surface area contributed by atoms with Gasteiger partial charge in [-0.3, -0.25) is 4.98 Å². The van der Waals surface area contributed by atoms with Crippen LogP contribution >= 0.6 is 0 Å². The molecule has 1 heterocycles. The van der Waals surface area contributed by atoms with Crippen molar-refractivity contribution in [1.82, 2.24) is 4.98 Å². The van der Waals surface area contributed by atoms with Gasteiger partial charge >= 0.3 is 0 Å². The van der Waals surface area contributed by atoms with E-state index in [1.165, 1.54) is 18.4 Å². The quantitative estimate of drug-likeness (QED) is 0.806. The minimum atomic E-state index is 0.322. The fourth-order valence-electron chi connectivity index (χ4n) is 3.04. The van der Waals surface area contributed by atoms with Crippen molar-refractivity contribution in [1.29, 1.82) is 0 Å². The predicted molar refractivity (Wildman–Crippen MR) is 92.2 cm³/mol. The molecule has 0 bridgehead atoms. The van der Waals surface area contributed by atoms with Gasteiger partial charge < -0.3 is 14.4 Å². The van der Waals surface area contributed by atoms with Crippen LogP contribution in [0.25, 0.3) is 0 Å². The standard InChI is InChI=1S/C19H24N2O2/c1-21(14-15-6-5-11-20-13-15)16-9-10-18(22-2)19(12-16)23-17-7-3-4-8-17/h5-6,9-13,17H,3-4,7-8,14H2,1-2H3. The summed E-state index contributed by atoms with van der Waals surface area (Å²) in [5, 5.41) is 0. The molecule has 0 aliphatic heterocycles. The van der Waals surface area contributed by atoms with E-state index in [4.69, 9.17) is 9.47 Å². The normalized spacial score (nSPS) is 14.7. The molecule has 1 aliphatic carbocycles. The molecule has 1 aromatic heterocycles. The first-order valence-electron chi connectivity index (χ1n) is 8.21. The zero-order valence-electron chi connectivity index (χ0n) is 13.9. The number of hydrogen-bond acceptors (Lipinski definition) is 4. The molecule has 1 fully saturated rings. The van der Waals surface area contributed by atoms with E-state index < -0.39 is 0 Å². The Bertz CT molecular complexity index is 625. The van der Waals surface area contributed by atoms with Crippen LogP contribution in [0.5, 0.6) is 11.5 Å². The van der Waals surface area contributed by atoms with Crippen LogP contribution in [0.1, 0.15) is 31.2 Å². The predicted octanol–water partition coefficient (Wildman–Crippen LogP) is 4.05. The van der Waals surface area contributed by atoms with E-state index in [1.54, 1.807) is 13.3 Å². The highest BCUT2D eigenvalue weighted by atomic mass is 16.5. The Balaban J connectivity index is 1.76. The third-order valence-electron chi connectivity index (χ3n) is 4.33. The maximum absolute atomic E-state index is 6.17. The molecule has 1 aromatic carbocycles. The number of anilines is 1. The van der Waals surface area contributed by atoms with Crippen LogP contribution in [0.2, 0.25) is 0 Å². The molecule has 0 spiro atoms. The number of hydrogen-bond donors (Lipinski definition) is 0. The van der Waals surface area contributed by atoms with Gasteiger partial charge in [-0.2, -0.15) is 0 Å². The number of aromatic nitrogens is 1. The smallest absolute Gasteiger partial charge is 0.163 e. The van der Waals surface area contributed by atoms with E-state index in [9.17, 15) is 0 Å². The summed E-state index contributed by atoms with van der Waals surface area (Å²) in [6.45, 7) is 0.809. The van der Waals surface area contributed by atoms with Crippen LogP contribution in [0, 0.1) is 0 Å². The van der Waals surface area contributed by atoms with Gasteiger partial charge in [0.1, 0.15) is 0 Å². The van der Waals surface area contributed by atoms with Gasteiger partial charge in [-0.25, -0.2) is 0 Å². The van der Waals surface area contributed by atoms with Crippen molar-refractivity contribution in [3.63, 3.8) is 0 Å². The Labute approximate surface area is 138 Å². The minimum absolute atomic E-state index is 0.322. The average Bonchev–Trinajstić information content (AvgIpc) is 3.09. The molecule has 1 aliphatic rings. The molecule has 122 valence electrons. The summed E-state index contributed by atoms with van der Waals surface area (Å²) >= 11 is 0. The molecule has 0 atom stereocenters. The van der Waals surface area contributed by atoms with Gasteiger partial charge in [-0.15, -0.1) is 0 Å². The summed E-state index contributed by atoms with van der Waals surface area (Å²) in [5.74, 6) is 1.64. The fourth-order valence-corrected chi connectivity index (χ4v) is 3.04. The fraction of sp³-hybridized carbons (Fsp3) is 0.421. The maximum atomic E-state index is 6.17. The molecular formula is C19H24N2O2. The van der Waals surface area contributed by atoms with Crippen molar-refractivity contribution in [3.05, 3.63) is 48.3 Å². The van der Waals surface area contributed by atoms with E-state index >= 15 is 0 Å². The Morgan fingerprint density at radius 2 is 2.00 bits per heavy atom. The highest BCUT2D eigenvalue weighted by Gasteiger charge is 2.19. The first-order chi connectivity index (χ1) is 11.3. The first kappa shape index (κ1) is 15.7. The van der Waals surface area contributed by atoms with Crippen LogP contribution in [0.4, 0.5) is 5.69 Å². The van der Waals surface area contributed by atoms with E-state index in [0.717, 1.165) is 36.6 Å². The summed E-state index contributed by atoms with van der Waals surface area (Å²) in [6, 6.07) is 10.2. The molecule has 0 amide bonds. The molecule has 4 nitrogen and oxygen atoms in total. The van der Waals surface area contributed by atoms with Crippen LogP contribution in [0.3, 0.4) is 0 Å². The molecule has 2 aromatic rings. The van der Waals surface area contributed by atoms with Crippen molar-refractivity contribution in [2.75, 3.05) is 19.1 Å². The average molecular weight is 312 g/mol. The van der Waals surface area contributed by atoms with Gasteiger partial charge in [-0.1, -0.05) is 6.07 Å². The van der Waals surface area contributed by atoms with Crippen molar-refractivity contribution < 1.29 is 9.47 Å². The zero-order valence-corrected chi connectivity index (χ0v) is 13.9. The second kappa shape index (κ2) is 7.36. The molecule has 1 saturated carbocycles. The molecule has 23 heavy (non-hydrogen) atoms. The number of rotatable bonds is 6. The lowest BCUT2D eigenvalue weighted by atomic mass is 10.2. The largest absolute Gasteiger partial charge is 0.493 e. The Kier molecular flexibility index (Phi) is 5.01. The maximum Gasteiger partial charge on any atom is 0.163 e. The van der Waals surface area contributed by atoms with Crippen molar-refractivity contribution >= 4 is 5.69 Å². The molecule has 0 N–H and O–H groups in total. The molecule has 3 rings (SSSR count). The second-order valence-electron chi connectivity index (χ2n) is 6.08. The lowest BCUT2D eigenvalue weighted by molar-refractivity contribution is 0.201. The number of ether oxygens (including phenoxy) is 2.